The number of benzene rings is 2. The Hall–Kier alpha value is -5.26. The number of imide groups is 2. The quantitative estimate of drug-likeness (QED) is 0.377. The molecule has 1 aliphatic carbocycles. The fourth-order valence-corrected chi connectivity index (χ4v) is 4.95. The van der Waals surface area contributed by atoms with E-state index in [1.165, 1.54) is 24.3 Å². The minimum absolute atomic E-state index is 0.0646. The van der Waals surface area contributed by atoms with Gasteiger partial charge in [-0.25, -0.2) is 4.39 Å². The Balaban J connectivity index is 1.21. The minimum Gasteiger partial charge on any atom is -0.447 e. The highest BCUT2D eigenvalue weighted by atomic mass is 19.1. The largest absolute Gasteiger partial charge is 0.447 e. The van der Waals surface area contributed by atoms with Crippen LogP contribution in [0.5, 0.6) is 0 Å². The van der Waals surface area contributed by atoms with E-state index >= 15 is 4.39 Å². The number of hydrogen-bond donors (Lipinski definition) is 2. The molecule has 3 heterocycles. The number of amides is 5. The first-order valence-electron chi connectivity index (χ1n) is 11.8. The molecule has 1 saturated heterocycles. The number of ketones is 2. The first-order valence-corrected chi connectivity index (χ1v) is 11.8. The van der Waals surface area contributed by atoms with Crippen LogP contribution in [-0.2, 0) is 16.1 Å². The van der Waals surface area contributed by atoms with Gasteiger partial charge in [0.2, 0.25) is 17.6 Å². The Morgan fingerprint density at radius 3 is 2.38 bits per heavy atom. The number of nitrogens with zero attached hydrogens (tertiary/aromatic N) is 1. The predicted octanol–water partition coefficient (Wildman–Crippen LogP) is 1.53. The molecule has 1 atom stereocenters. The molecule has 1 unspecified atom stereocenters. The average molecular weight is 529 g/mol. The molecule has 12 heteroatoms. The summed E-state index contributed by atoms with van der Waals surface area (Å²) in [6.07, 6.45) is -0.160. The number of furan rings is 1. The molecule has 3 aromatic rings. The second kappa shape index (κ2) is 8.65. The van der Waals surface area contributed by atoms with Crippen LogP contribution in [-0.4, -0.2) is 52.0 Å². The maximum Gasteiger partial charge on any atom is 0.287 e. The van der Waals surface area contributed by atoms with Crippen molar-refractivity contribution in [1.82, 2.24) is 15.5 Å². The van der Waals surface area contributed by atoms with E-state index in [1.807, 2.05) is 0 Å². The molecule has 39 heavy (non-hydrogen) atoms. The summed E-state index contributed by atoms with van der Waals surface area (Å²) in [6, 6.07) is 8.49. The van der Waals surface area contributed by atoms with Crippen molar-refractivity contribution >= 4 is 41.1 Å². The van der Waals surface area contributed by atoms with Crippen molar-refractivity contribution < 1.29 is 42.4 Å². The molecule has 6 rings (SSSR count). The highest BCUT2D eigenvalue weighted by Crippen LogP contribution is 2.32. The molecular weight excluding hydrogens is 513 g/mol. The van der Waals surface area contributed by atoms with Crippen LogP contribution >= 0.6 is 0 Å². The van der Waals surface area contributed by atoms with Crippen molar-refractivity contribution in [1.29, 1.82) is 0 Å². The Morgan fingerprint density at radius 2 is 1.67 bits per heavy atom. The number of rotatable bonds is 4. The molecule has 5 amide bonds. The van der Waals surface area contributed by atoms with Crippen LogP contribution in [0.1, 0.15) is 81.7 Å². The third-order valence-corrected chi connectivity index (χ3v) is 6.89. The molecule has 194 valence electrons. The predicted molar refractivity (Wildman–Crippen MR) is 126 cm³/mol. The summed E-state index contributed by atoms with van der Waals surface area (Å²) in [6.45, 7) is -0.425. The van der Waals surface area contributed by atoms with Gasteiger partial charge in [0.05, 0.1) is 16.7 Å². The van der Waals surface area contributed by atoms with Gasteiger partial charge in [-0.1, -0.05) is 30.3 Å². The maximum atomic E-state index is 15.4. The summed E-state index contributed by atoms with van der Waals surface area (Å²) < 4.78 is 20.8. The normalized spacial score (nSPS) is 18.1. The van der Waals surface area contributed by atoms with Crippen molar-refractivity contribution in [2.75, 3.05) is 0 Å². The third kappa shape index (κ3) is 3.60. The molecule has 0 bridgehead atoms. The summed E-state index contributed by atoms with van der Waals surface area (Å²) in [5.41, 5.74) is -0.642. The van der Waals surface area contributed by atoms with Crippen LogP contribution in [0.15, 0.2) is 46.9 Å². The number of halogens is 1. The monoisotopic (exact) mass is 529 g/mol. The van der Waals surface area contributed by atoms with Crippen LogP contribution in [0.4, 0.5) is 4.39 Å². The molecule has 0 saturated carbocycles. The van der Waals surface area contributed by atoms with Crippen molar-refractivity contribution in [3.63, 3.8) is 0 Å². The summed E-state index contributed by atoms with van der Waals surface area (Å²) >= 11 is 0. The lowest BCUT2D eigenvalue weighted by molar-refractivity contribution is -0.136. The molecule has 2 aliphatic heterocycles. The maximum absolute atomic E-state index is 15.4. The summed E-state index contributed by atoms with van der Waals surface area (Å²) in [4.78, 5) is 88.3. The summed E-state index contributed by atoms with van der Waals surface area (Å²) in [5, 5.41) is 4.47. The number of nitrogens with one attached hydrogen (secondary N) is 2. The second-order valence-electron chi connectivity index (χ2n) is 9.15. The van der Waals surface area contributed by atoms with Crippen molar-refractivity contribution in [2.45, 2.75) is 25.4 Å². The van der Waals surface area contributed by atoms with Crippen LogP contribution < -0.4 is 10.6 Å². The molecule has 2 aromatic carbocycles. The minimum atomic E-state index is -1.25. The van der Waals surface area contributed by atoms with E-state index in [4.69, 9.17) is 4.42 Å². The van der Waals surface area contributed by atoms with Gasteiger partial charge in [0.15, 0.2) is 17.3 Å². The number of fused-ring (bicyclic) bond motifs is 3. The Bertz CT molecular complexity index is 1650. The van der Waals surface area contributed by atoms with Crippen LogP contribution in [0.25, 0.3) is 0 Å². The molecule has 0 spiro atoms. The van der Waals surface area contributed by atoms with Crippen LogP contribution in [0, 0.1) is 5.82 Å². The standard InChI is InChI=1S/C27H16FN3O8/c28-20-11(5-6-14-19(20)27(38)31(26(14)37)16-7-8-18(32)30-24(16)35)10-29-25(36)17-9-15-21(33)12-3-1-2-4-13(12)22(34)23(15)39-17/h1-6,9,16H,7-8,10H2,(H,29,36)(H,30,32,35). The topological polar surface area (TPSA) is 160 Å². The lowest BCUT2D eigenvalue weighted by Crippen LogP contribution is -2.54. The summed E-state index contributed by atoms with van der Waals surface area (Å²) in [5.74, 6) is -6.79. The van der Waals surface area contributed by atoms with Gasteiger partial charge in [-0.3, -0.25) is 43.8 Å². The lowest BCUT2D eigenvalue weighted by Gasteiger charge is -2.27. The molecule has 0 radical (unpaired) electrons. The van der Waals surface area contributed by atoms with Gasteiger partial charge in [-0.05, 0) is 12.5 Å². The fourth-order valence-electron chi connectivity index (χ4n) is 4.95. The molecule has 1 fully saturated rings. The van der Waals surface area contributed by atoms with Gasteiger partial charge >= 0.3 is 0 Å². The van der Waals surface area contributed by atoms with E-state index in [0.717, 1.165) is 6.07 Å². The zero-order valence-corrected chi connectivity index (χ0v) is 19.8. The highest BCUT2D eigenvalue weighted by Gasteiger charge is 2.46. The van der Waals surface area contributed by atoms with Crippen molar-refractivity contribution in [2.24, 2.45) is 0 Å². The Morgan fingerprint density at radius 1 is 0.949 bits per heavy atom. The van der Waals surface area contributed by atoms with E-state index in [2.05, 4.69) is 10.6 Å². The van der Waals surface area contributed by atoms with E-state index in [-0.39, 0.29) is 52.2 Å². The van der Waals surface area contributed by atoms with Gasteiger partial charge in [-0.15, -0.1) is 0 Å². The van der Waals surface area contributed by atoms with Gasteiger partial charge in [0.1, 0.15) is 11.9 Å². The smallest absolute Gasteiger partial charge is 0.287 e. The average Bonchev–Trinajstić information content (AvgIpc) is 3.48. The zero-order chi connectivity index (χ0) is 27.6. The van der Waals surface area contributed by atoms with Crippen molar-refractivity contribution in [3.05, 3.63) is 93.2 Å². The zero-order valence-electron chi connectivity index (χ0n) is 19.8. The first-order chi connectivity index (χ1) is 18.7. The first kappa shape index (κ1) is 24.1. The van der Waals surface area contributed by atoms with E-state index in [9.17, 15) is 33.6 Å². The van der Waals surface area contributed by atoms with E-state index in [1.54, 1.807) is 12.1 Å². The van der Waals surface area contributed by atoms with E-state index < -0.39 is 65.1 Å². The van der Waals surface area contributed by atoms with Crippen LogP contribution in [0.2, 0.25) is 0 Å². The Kier molecular flexibility index (Phi) is 5.35. The van der Waals surface area contributed by atoms with Crippen LogP contribution in [0.3, 0.4) is 0 Å². The van der Waals surface area contributed by atoms with E-state index in [0.29, 0.717) is 4.90 Å². The number of carbonyl (C=O) groups is 7. The molecular formula is C27H16FN3O8. The molecule has 1 aromatic heterocycles. The highest BCUT2D eigenvalue weighted by molar-refractivity contribution is 6.28. The number of carbonyl (C=O) groups excluding carboxylic acids is 7. The Labute approximate surface area is 217 Å². The van der Waals surface area contributed by atoms with Gasteiger partial charge in [-0.2, -0.15) is 0 Å². The second-order valence-corrected chi connectivity index (χ2v) is 9.15. The molecule has 2 N–H and O–H groups in total. The number of piperidine rings is 1. The van der Waals surface area contributed by atoms with Crippen molar-refractivity contribution in [3.8, 4) is 0 Å². The number of hydrogen-bond acceptors (Lipinski definition) is 8. The molecule has 3 aliphatic rings. The SMILES string of the molecule is O=C1CCC(N2C(=O)c3ccc(CNC(=O)c4cc5c(o4)C(=O)c4ccccc4C5=O)c(F)c3C2=O)C(=O)N1. The van der Waals surface area contributed by atoms with Gasteiger partial charge in [0, 0.05) is 35.7 Å². The van der Waals surface area contributed by atoms with Gasteiger partial charge in [0.25, 0.3) is 17.7 Å². The summed E-state index contributed by atoms with van der Waals surface area (Å²) in [7, 11) is 0. The fraction of sp³-hybridized carbons (Fsp3) is 0.148. The lowest BCUT2D eigenvalue weighted by atomic mass is 9.89. The van der Waals surface area contributed by atoms with Gasteiger partial charge < -0.3 is 9.73 Å². The third-order valence-electron chi connectivity index (χ3n) is 6.89. The molecule has 11 nitrogen and oxygen atoms in total.